The van der Waals surface area contributed by atoms with Gasteiger partial charge in [0.2, 0.25) is 0 Å². The largest absolute Gasteiger partial charge is 0.392 e. The van der Waals surface area contributed by atoms with Crippen molar-refractivity contribution in [2.45, 2.75) is 44.6 Å². The van der Waals surface area contributed by atoms with Crippen LogP contribution < -0.4 is 0 Å². The minimum Gasteiger partial charge on any atom is -0.392 e. The first kappa shape index (κ1) is 16.7. The van der Waals surface area contributed by atoms with Crippen molar-refractivity contribution in [2.24, 2.45) is 28.6 Å². The van der Waals surface area contributed by atoms with Crippen molar-refractivity contribution >= 4 is 14.4 Å². The summed E-state index contributed by atoms with van der Waals surface area (Å²) in [6.07, 6.45) is 11.1. The van der Waals surface area contributed by atoms with Crippen molar-refractivity contribution in [1.82, 2.24) is 0 Å². The second kappa shape index (κ2) is 5.64. The molecular weight excluding hydrogens is 315 g/mol. The van der Waals surface area contributed by atoms with Gasteiger partial charge in [-0.1, -0.05) is 25.2 Å². The number of hydrogen-bond acceptors (Lipinski definition) is 2. The Morgan fingerprint density at radius 2 is 2.29 bits per heavy atom. The highest BCUT2D eigenvalue weighted by molar-refractivity contribution is 7.37. The molecule has 3 saturated carbocycles. The van der Waals surface area contributed by atoms with E-state index in [1.54, 1.807) is 0 Å². The number of carbonyl (C=O) groups is 1. The molecule has 0 aromatic heterocycles. The lowest BCUT2D eigenvalue weighted by Crippen LogP contribution is -2.66. The quantitative estimate of drug-likeness (QED) is 0.475. The van der Waals surface area contributed by atoms with E-state index in [0.717, 1.165) is 27.8 Å². The summed E-state index contributed by atoms with van der Waals surface area (Å²) < 4.78 is 0. The maximum Gasteiger partial charge on any atom is 0.171 e. The molecule has 3 heteroatoms. The number of aliphatic hydroxyl groups is 1. The highest BCUT2D eigenvalue weighted by atomic mass is 31.1. The van der Waals surface area contributed by atoms with E-state index in [1.807, 2.05) is 0 Å². The summed E-state index contributed by atoms with van der Waals surface area (Å²) >= 11 is 0. The second-order valence-electron chi connectivity index (χ2n) is 8.45. The molecule has 0 heterocycles. The van der Waals surface area contributed by atoms with Crippen LogP contribution in [-0.4, -0.2) is 29.8 Å². The molecule has 0 radical (unpaired) electrons. The minimum absolute atomic E-state index is 0.154. The number of aliphatic hydroxyl groups excluding tert-OH is 1. The third-order valence-electron chi connectivity index (χ3n) is 7.83. The maximum absolute atomic E-state index is 13.2. The molecule has 7 atom stereocenters. The monoisotopic (exact) mass is 344 g/mol. The fourth-order valence-electron chi connectivity index (χ4n) is 6.81. The molecule has 0 aromatic carbocycles. The van der Waals surface area contributed by atoms with Crippen molar-refractivity contribution < 1.29 is 9.90 Å². The van der Waals surface area contributed by atoms with Gasteiger partial charge in [0.25, 0.3) is 0 Å². The molecule has 6 unspecified atom stereocenters. The second-order valence-corrected chi connectivity index (χ2v) is 9.51. The molecule has 0 aliphatic heterocycles. The summed E-state index contributed by atoms with van der Waals surface area (Å²) in [5.74, 6) is 1.44. The highest BCUT2D eigenvalue weighted by Crippen LogP contribution is 2.69. The Morgan fingerprint density at radius 1 is 1.50 bits per heavy atom. The van der Waals surface area contributed by atoms with E-state index in [0.29, 0.717) is 23.3 Å². The van der Waals surface area contributed by atoms with E-state index in [1.165, 1.54) is 31.0 Å². The van der Waals surface area contributed by atoms with Gasteiger partial charge in [0, 0.05) is 5.57 Å². The Morgan fingerprint density at radius 3 is 3.00 bits per heavy atom. The van der Waals surface area contributed by atoms with Crippen LogP contribution >= 0.6 is 8.58 Å². The number of Topliss-reactive ketones (excluding diaryl/α,β-unsaturated/α-hetero) is 1. The summed E-state index contributed by atoms with van der Waals surface area (Å²) in [5.41, 5.74) is 1.47. The van der Waals surface area contributed by atoms with Crippen molar-refractivity contribution in [3.05, 3.63) is 36.5 Å². The van der Waals surface area contributed by atoms with E-state index in [4.69, 9.17) is 0 Å². The number of fused-ring (bicyclic) bond motifs is 3. The molecule has 0 aromatic rings. The molecule has 130 valence electrons. The molecule has 3 fully saturated rings. The van der Waals surface area contributed by atoms with Crippen LogP contribution in [0.15, 0.2) is 36.5 Å². The molecule has 2 bridgehead atoms. The minimum atomic E-state index is -0.585. The van der Waals surface area contributed by atoms with E-state index in [-0.39, 0.29) is 11.2 Å². The molecular formula is C21H29O2P. The first-order chi connectivity index (χ1) is 11.5. The van der Waals surface area contributed by atoms with Gasteiger partial charge in [0.05, 0.1) is 11.5 Å². The zero-order valence-electron chi connectivity index (χ0n) is 14.7. The summed E-state index contributed by atoms with van der Waals surface area (Å²) in [5, 5.41) is 11.2. The average Bonchev–Trinajstić information content (AvgIpc) is 2.59. The molecule has 0 saturated heterocycles. The molecule has 5 aliphatic carbocycles. The van der Waals surface area contributed by atoms with Gasteiger partial charge in [0.15, 0.2) is 5.78 Å². The lowest BCUT2D eigenvalue weighted by molar-refractivity contribution is -0.181. The Balaban J connectivity index is 1.87. The van der Waals surface area contributed by atoms with Crippen LogP contribution in [0.25, 0.3) is 0 Å². The molecule has 2 nitrogen and oxygen atoms in total. The average molecular weight is 344 g/mol. The molecule has 1 spiro atoms. The van der Waals surface area contributed by atoms with Crippen molar-refractivity contribution in [2.75, 3.05) is 12.8 Å². The normalized spacial score (nSPS) is 47.5. The Bertz CT molecular complexity index is 632. The third-order valence-corrected chi connectivity index (χ3v) is 8.84. The van der Waals surface area contributed by atoms with E-state index >= 15 is 0 Å². The van der Waals surface area contributed by atoms with Gasteiger partial charge in [-0.3, -0.25) is 4.79 Å². The zero-order chi connectivity index (χ0) is 17.1. The van der Waals surface area contributed by atoms with E-state index in [2.05, 4.69) is 32.0 Å². The van der Waals surface area contributed by atoms with E-state index in [9.17, 15) is 9.90 Å². The fourth-order valence-corrected chi connectivity index (χ4v) is 8.15. The number of allylic oxidation sites excluding steroid dienone is 4. The highest BCUT2D eigenvalue weighted by Gasteiger charge is 2.68. The van der Waals surface area contributed by atoms with Crippen LogP contribution in [0.1, 0.15) is 38.5 Å². The lowest BCUT2D eigenvalue weighted by atomic mass is 9.39. The van der Waals surface area contributed by atoms with E-state index < -0.39 is 11.5 Å². The Labute approximate surface area is 147 Å². The number of hydrogen-bond donors (Lipinski definition) is 1. The third kappa shape index (κ3) is 1.88. The molecule has 24 heavy (non-hydrogen) atoms. The van der Waals surface area contributed by atoms with Gasteiger partial charge >= 0.3 is 0 Å². The molecule has 5 rings (SSSR count). The van der Waals surface area contributed by atoms with Crippen molar-refractivity contribution in [1.29, 1.82) is 0 Å². The van der Waals surface area contributed by atoms with Crippen molar-refractivity contribution in [3.63, 3.8) is 0 Å². The predicted octanol–water partition coefficient (Wildman–Crippen LogP) is 4.11. The smallest absolute Gasteiger partial charge is 0.171 e. The van der Waals surface area contributed by atoms with Gasteiger partial charge in [-0.25, -0.2) is 0 Å². The summed E-state index contributed by atoms with van der Waals surface area (Å²) in [4.78, 5) is 13.2. The number of rotatable bonds is 3. The van der Waals surface area contributed by atoms with Crippen LogP contribution in [-0.2, 0) is 4.79 Å². The fraction of sp³-hybridized carbons (Fsp3) is 0.667. The van der Waals surface area contributed by atoms with Gasteiger partial charge < -0.3 is 5.11 Å². The topological polar surface area (TPSA) is 37.3 Å². The summed E-state index contributed by atoms with van der Waals surface area (Å²) in [7, 11) is 0.896. The maximum atomic E-state index is 13.2. The van der Waals surface area contributed by atoms with Gasteiger partial charge in [-0.05, 0) is 73.7 Å². The van der Waals surface area contributed by atoms with Gasteiger partial charge in [-0.15, -0.1) is 15.2 Å². The zero-order valence-corrected chi connectivity index (χ0v) is 15.7. The van der Waals surface area contributed by atoms with Gasteiger partial charge in [-0.2, -0.15) is 0 Å². The lowest BCUT2D eigenvalue weighted by Gasteiger charge is -2.66. The van der Waals surface area contributed by atoms with Crippen LogP contribution in [0, 0.1) is 28.6 Å². The molecule has 0 amide bonds. The molecule has 1 N–H and O–H groups in total. The Kier molecular flexibility index (Phi) is 3.93. The van der Waals surface area contributed by atoms with Crippen LogP contribution in [0.5, 0.6) is 0 Å². The number of ketones is 1. The first-order valence-corrected chi connectivity index (χ1v) is 11.1. The SMILES string of the molecule is C=CC1CCCC2(CPC)C1C[C@@H](O)C13CC=C(CC21)C(=C)C3=O. The van der Waals surface area contributed by atoms with Crippen molar-refractivity contribution in [3.8, 4) is 0 Å². The predicted molar refractivity (Wildman–Crippen MR) is 101 cm³/mol. The van der Waals surface area contributed by atoms with Crippen LogP contribution in [0.2, 0.25) is 0 Å². The molecule has 5 aliphatic rings. The summed E-state index contributed by atoms with van der Waals surface area (Å²) in [6.45, 7) is 10.4. The van der Waals surface area contributed by atoms with Gasteiger partial charge in [0.1, 0.15) is 0 Å². The standard InChI is InChI=1S/C21H29O2P/c1-4-14-6-5-8-20(12-24-3)16(14)11-18(22)21-9-7-15(10-17(20)21)13(2)19(21)23/h4,7,14,16-18,22,24H,1-2,5-6,8-12H2,3H3/t14?,16?,17?,18-,20?,21?/m1/s1. The van der Waals surface area contributed by atoms with Crippen LogP contribution in [0.4, 0.5) is 0 Å². The van der Waals surface area contributed by atoms with Crippen LogP contribution in [0.3, 0.4) is 0 Å². The number of carbonyl (C=O) groups excluding carboxylic acids is 1. The Hall–Kier alpha value is -0.720. The first-order valence-electron chi connectivity index (χ1n) is 9.39. The summed E-state index contributed by atoms with van der Waals surface area (Å²) in [6, 6.07) is 0.